The topological polar surface area (TPSA) is 26.1 Å². The van der Waals surface area contributed by atoms with Crippen LogP contribution >= 0.6 is 11.6 Å². The number of nitrogens with zero attached hydrogens (tertiary/aromatic N) is 1. The second-order valence-electron chi connectivity index (χ2n) is 6.70. The van der Waals surface area contributed by atoms with E-state index in [1.54, 1.807) is 4.90 Å². The summed E-state index contributed by atoms with van der Waals surface area (Å²) in [7, 11) is 0. The first-order valence-corrected chi connectivity index (χ1v) is 9.39. The number of rotatable bonds is 3. The Balaban J connectivity index is 1.40. The summed E-state index contributed by atoms with van der Waals surface area (Å²) in [6, 6.07) is 14.8. The van der Waals surface area contributed by atoms with Crippen LogP contribution in [0.25, 0.3) is 0 Å². The van der Waals surface area contributed by atoms with Gasteiger partial charge in [-0.1, -0.05) is 29.8 Å². The smallest absolute Gasteiger partial charge is 0.179 e. The van der Waals surface area contributed by atoms with Gasteiger partial charge in [0.2, 0.25) is 0 Å². The fourth-order valence-electron chi connectivity index (χ4n) is 3.57. The van der Waals surface area contributed by atoms with Crippen LogP contribution in [0.2, 0.25) is 5.02 Å². The van der Waals surface area contributed by atoms with E-state index in [1.165, 1.54) is 11.3 Å². The van der Waals surface area contributed by atoms with Crippen LogP contribution in [-0.2, 0) is 6.54 Å². The molecule has 0 bridgehead atoms. The predicted octanol–water partition coefficient (Wildman–Crippen LogP) is 2.41. The quantitative estimate of drug-likeness (QED) is 0.911. The summed E-state index contributed by atoms with van der Waals surface area (Å²) in [5.74, 6) is 1.49. The second-order valence-corrected chi connectivity index (χ2v) is 7.11. The Morgan fingerprint density at radius 2 is 1.76 bits per heavy atom. The number of quaternary nitrogens is 1. The van der Waals surface area contributed by atoms with Crippen molar-refractivity contribution in [1.82, 2.24) is 0 Å². The Kier molecular flexibility index (Phi) is 4.99. The molecule has 0 aromatic heterocycles. The molecule has 1 fully saturated rings. The molecule has 4 nitrogen and oxygen atoms in total. The van der Waals surface area contributed by atoms with Gasteiger partial charge in [-0.3, -0.25) is 0 Å². The number of piperazine rings is 1. The first kappa shape index (κ1) is 16.6. The van der Waals surface area contributed by atoms with Crippen LogP contribution in [0.1, 0.15) is 12.0 Å². The molecular weight excluding hydrogens is 336 g/mol. The summed E-state index contributed by atoms with van der Waals surface area (Å²) in [5.41, 5.74) is 2.54. The maximum Gasteiger partial charge on any atom is 0.179 e. The summed E-state index contributed by atoms with van der Waals surface area (Å²) in [6.07, 6.45) is 0.896. The molecule has 2 heterocycles. The lowest BCUT2D eigenvalue weighted by molar-refractivity contribution is -0.914. The number of anilines is 1. The molecule has 0 radical (unpaired) electrons. The molecule has 2 aliphatic heterocycles. The zero-order valence-corrected chi connectivity index (χ0v) is 15.1. The standard InChI is InChI=1S/C20H23ClN2O2/c21-18-13-16(14-19-20(18)25-12-4-11-24-19)15-22-7-9-23(10-8-22)17-5-2-1-3-6-17/h1-3,5-6,13-14H,4,7-12,15H2/p+1. The van der Waals surface area contributed by atoms with E-state index in [0.29, 0.717) is 24.0 Å². The molecule has 0 unspecified atom stereocenters. The summed E-state index contributed by atoms with van der Waals surface area (Å²) in [5, 5.41) is 0.664. The van der Waals surface area contributed by atoms with Crippen molar-refractivity contribution in [3.8, 4) is 11.5 Å². The first-order valence-electron chi connectivity index (χ1n) is 9.01. The third-order valence-corrected chi connectivity index (χ3v) is 5.19. The van der Waals surface area contributed by atoms with Crippen LogP contribution in [0.3, 0.4) is 0 Å². The van der Waals surface area contributed by atoms with Crippen LogP contribution < -0.4 is 19.3 Å². The molecule has 4 rings (SSSR count). The van der Waals surface area contributed by atoms with E-state index in [-0.39, 0.29) is 0 Å². The van der Waals surface area contributed by atoms with E-state index in [9.17, 15) is 0 Å². The first-order chi connectivity index (χ1) is 12.3. The molecule has 0 aliphatic carbocycles. The van der Waals surface area contributed by atoms with Crippen molar-refractivity contribution in [3.63, 3.8) is 0 Å². The second kappa shape index (κ2) is 7.54. The number of fused-ring (bicyclic) bond motifs is 1. The zero-order chi connectivity index (χ0) is 17.1. The van der Waals surface area contributed by atoms with Gasteiger partial charge in [0.25, 0.3) is 0 Å². The number of nitrogens with one attached hydrogen (secondary N) is 1. The van der Waals surface area contributed by atoms with Gasteiger partial charge in [-0.05, 0) is 24.3 Å². The Hall–Kier alpha value is -1.91. The van der Waals surface area contributed by atoms with Gasteiger partial charge in [0, 0.05) is 17.7 Å². The summed E-state index contributed by atoms with van der Waals surface area (Å²) in [4.78, 5) is 4.04. The minimum Gasteiger partial charge on any atom is -0.489 e. The van der Waals surface area contributed by atoms with E-state index in [0.717, 1.165) is 44.9 Å². The fraction of sp³-hybridized carbons (Fsp3) is 0.400. The van der Waals surface area contributed by atoms with Gasteiger partial charge in [-0.25, -0.2) is 0 Å². The van der Waals surface area contributed by atoms with Gasteiger partial charge in [0.1, 0.15) is 6.54 Å². The lowest BCUT2D eigenvalue weighted by Gasteiger charge is -2.33. The van der Waals surface area contributed by atoms with Crippen LogP contribution in [0.4, 0.5) is 5.69 Å². The SMILES string of the molecule is Clc1cc(C[NH+]2CCN(c3ccccc3)CC2)cc2c1OCCCO2. The van der Waals surface area contributed by atoms with Crippen molar-refractivity contribution in [2.24, 2.45) is 0 Å². The minimum atomic E-state index is 0.664. The third-order valence-electron chi connectivity index (χ3n) is 4.91. The molecule has 0 amide bonds. The molecule has 25 heavy (non-hydrogen) atoms. The van der Waals surface area contributed by atoms with E-state index < -0.39 is 0 Å². The zero-order valence-electron chi connectivity index (χ0n) is 14.3. The van der Waals surface area contributed by atoms with Crippen molar-refractivity contribution < 1.29 is 14.4 Å². The number of para-hydroxylation sites is 1. The van der Waals surface area contributed by atoms with Crippen molar-refractivity contribution in [2.45, 2.75) is 13.0 Å². The molecule has 2 aliphatic rings. The van der Waals surface area contributed by atoms with Crippen LogP contribution in [0.15, 0.2) is 42.5 Å². The Labute approximate surface area is 153 Å². The van der Waals surface area contributed by atoms with Crippen molar-refractivity contribution in [2.75, 3.05) is 44.3 Å². The molecule has 1 saturated heterocycles. The van der Waals surface area contributed by atoms with Gasteiger partial charge in [-0.2, -0.15) is 0 Å². The highest BCUT2D eigenvalue weighted by atomic mass is 35.5. The molecule has 5 heteroatoms. The normalized spacial score (nSPS) is 18.0. The number of hydrogen-bond donors (Lipinski definition) is 1. The number of ether oxygens (including phenoxy) is 2. The monoisotopic (exact) mass is 359 g/mol. The average molecular weight is 360 g/mol. The molecule has 2 aromatic rings. The largest absolute Gasteiger partial charge is 0.489 e. The fourth-order valence-corrected chi connectivity index (χ4v) is 3.86. The van der Waals surface area contributed by atoms with Gasteiger partial charge >= 0.3 is 0 Å². The number of benzene rings is 2. The van der Waals surface area contributed by atoms with E-state index >= 15 is 0 Å². The maximum absolute atomic E-state index is 6.42. The van der Waals surface area contributed by atoms with Crippen LogP contribution in [0, 0.1) is 0 Å². The molecule has 0 saturated carbocycles. The number of halogens is 1. The highest BCUT2D eigenvalue weighted by molar-refractivity contribution is 6.32. The highest BCUT2D eigenvalue weighted by Crippen LogP contribution is 2.37. The van der Waals surface area contributed by atoms with Gasteiger partial charge in [-0.15, -0.1) is 0 Å². The minimum absolute atomic E-state index is 0.664. The van der Waals surface area contributed by atoms with E-state index in [1.807, 2.05) is 6.07 Å². The Bertz CT molecular complexity index is 715. The third kappa shape index (κ3) is 3.86. The molecular formula is C20H24ClN2O2+. The van der Waals surface area contributed by atoms with Crippen molar-refractivity contribution in [1.29, 1.82) is 0 Å². The van der Waals surface area contributed by atoms with Crippen molar-refractivity contribution in [3.05, 3.63) is 53.1 Å². The van der Waals surface area contributed by atoms with Gasteiger partial charge in [0.05, 0.1) is 44.4 Å². The van der Waals surface area contributed by atoms with Crippen LogP contribution in [-0.4, -0.2) is 39.4 Å². The molecule has 0 spiro atoms. The Morgan fingerprint density at radius 3 is 2.56 bits per heavy atom. The summed E-state index contributed by atoms with van der Waals surface area (Å²) in [6.45, 7) is 6.74. The molecule has 132 valence electrons. The summed E-state index contributed by atoms with van der Waals surface area (Å²) < 4.78 is 11.5. The highest BCUT2D eigenvalue weighted by Gasteiger charge is 2.22. The lowest BCUT2D eigenvalue weighted by Crippen LogP contribution is -3.13. The summed E-state index contributed by atoms with van der Waals surface area (Å²) >= 11 is 6.42. The van der Waals surface area contributed by atoms with E-state index in [2.05, 4.69) is 41.3 Å². The van der Waals surface area contributed by atoms with Gasteiger partial charge < -0.3 is 19.3 Å². The molecule has 0 atom stereocenters. The van der Waals surface area contributed by atoms with Crippen molar-refractivity contribution >= 4 is 17.3 Å². The Morgan fingerprint density at radius 1 is 1.00 bits per heavy atom. The lowest BCUT2D eigenvalue weighted by atomic mass is 10.1. The molecule has 2 aromatic carbocycles. The average Bonchev–Trinajstić information content (AvgIpc) is 2.89. The predicted molar refractivity (Wildman–Crippen MR) is 100 cm³/mol. The number of hydrogen-bond acceptors (Lipinski definition) is 3. The van der Waals surface area contributed by atoms with Gasteiger partial charge in [0.15, 0.2) is 11.5 Å². The maximum atomic E-state index is 6.42. The molecule has 1 N–H and O–H groups in total. The van der Waals surface area contributed by atoms with E-state index in [4.69, 9.17) is 21.1 Å². The van der Waals surface area contributed by atoms with Crippen LogP contribution in [0.5, 0.6) is 11.5 Å².